The van der Waals surface area contributed by atoms with Crippen LogP contribution in [0.1, 0.15) is 37.7 Å². The summed E-state index contributed by atoms with van der Waals surface area (Å²) in [4.78, 5) is 25.2. The largest absolute Gasteiger partial charge is 0.494 e. The van der Waals surface area contributed by atoms with E-state index in [0.717, 1.165) is 4.47 Å². The summed E-state index contributed by atoms with van der Waals surface area (Å²) in [7, 11) is 1.27. The van der Waals surface area contributed by atoms with Crippen molar-refractivity contribution in [3.05, 3.63) is 51.0 Å². The van der Waals surface area contributed by atoms with Gasteiger partial charge in [0.2, 0.25) is 5.88 Å². The predicted octanol–water partition coefficient (Wildman–Crippen LogP) is 3.31. The first-order valence-corrected chi connectivity index (χ1v) is 9.21. The number of Topliss-reactive ketones (excluding diaryl/α,β-unsaturated/α-hetero) is 1. The van der Waals surface area contributed by atoms with Gasteiger partial charge in [0, 0.05) is 28.5 Å². The molecule has 26 heavy (non-hydrogen) atoms. The van der Waals surface area contributed by atoms with E-state index >= 15 is 0 Å². The molecule has 1 heterocycles. The van der Waals surface area contributed by atoms with Crippen molar-refractivity contribution in [1.82, 2.24) is 0 Å². The molecule has 1 atom stereocenters. The van der Waals surface area contributed by atoms with Gasteiger partial charge in [0.05, 0.1) is 19.6 Å². The highest BCUT2D eigenvalue weighted by atomic mass is 79.9. The Morgan fingerprint density at radius 1 is 1.38 bits per heavy atom. The fourth-order valence-electron chi connectivity index (χ4n) is 3.41. The lowest BCUT2D eigenvalue weighted by atomic mass is 9.77. The summed E-state index contributed by atoms with van der Waals surface area (Å²) in [6.45, 7) is 2.32. The highest BCUT2D eigenvalue weighted by molar-refractivity contribution is 9.10. The van der Waals surface area contributed by atoms with Crippen LogP contribution in [-0.2, 0) is 19.1 Å². The molecule has 1 aliphatic heterocycles. The molecule has 0 bridgehead atoms. The lowest BCUT2D eigenvalue weighted by Gasteiger charge is -2.33. The minimum atomic E-state index is -0.682. The molecule has 0 saturated heterocycles. The molecule has 6 nitrogen and oxygen atoms in total. The lowest BCUT2D eigenvalue weighted by Crippen LogP contribution is -2.31. The third-order valence-corrected chi connectivity index (χ3v) is 4.97. The number of allylic oxidation sites excluding steroid dienone is 2. The number of carbonyl (C=O) groups excluding carboxylic acids is 2. The normalized spacial score (nSPS) is 19.8. The third-order valence-electron chi connectivity index (χ3n) is 4.47. The number of ether oxygens (including phenoxy) is 3. The Hall–Kier alpha value is -2.28. The van der Waals surface area contributed by atoms with Crippen LogP contribution in [0.4, 0.5) is 0 Å². The van der Waals surface area contributed by atoms with Crippen LogP contribution >= 0.6 is 15.9 Å². The van der Waals surface area contributed by atoms with Crippen LogP contribution in [-0.4, -0.2) is 25.5 Å². The second-order valence-corrected chi connectivity index (χ2v) is 6.95. The molecule has 3 rings (SSSR count). The van der Waals surface area contributed by atoms with Crippen molar-refractivity contribution in [2.75, 3.05) is 13.7 Å². The fraction of sp³-hybridized carbons (Fsp3) is 0.368. The van der Waals surface area contributed by atoms with Gasteiger partial charge in [-0.2, -0.15) is 0 Å². The molecule has 2 N–H and O–H groups in total. The minimum absolute atomic E-state index is 0.0299. The molecular formula is C19H20BrNO5. The molecule has 7 heteroatoms. The zero-order valence-corrected chi connectivity index (χ0v) is 16.2. The maximum absolute atomic E-state index is 12.7. The minimum Gasteiger partial charge on any atom is -0.494 e. The monoisotopic (exact) mass is 421 g/mol. The van der Waals surface area contributed by atoms with Gasteiger partial charge in [0.1, 0.15) is 17.1 Å². The lowest BCUT2D eigenvalue weighted by molar-refractivity contribution is -0.136. The van der Waals surface area contributed by atoms with Gasteiger partial charge in [-0.15, -0.1) is 0 Å². The second-order valence-electron chi connectivity index (χ2n) is 6.03. The van der Waals surface area contributed by atoms with Gasteiger partial charge in [-0.25, -0.2) is 4.79 Å². The number of carbonyl (C=O) groups is 2. The topological polar surface area (TPSA) is 87.8 Å². The highest BCUT2D eigenvalue weighted by Gasteiger charge is 2.42. The first-order valence-electron chi connectivity index (χ1n) is 8.42. The summed E-state index contributed by atoms with van der Waals surface area (Å²) in [6.07, 6.45) is 1.71. The average Bonchev–Trinajstić information content (AvgIpc) is 2.62. The number of hydrogen-bond donors (Lipinski definition) is 1. The van der Waals surface area contributed by atoms with Crippen LogP contribution in [0.25, 0.3) is 0 Å². The summed E-state index contributed by atoms with van der Waals surface area (Å²) in [5.74, 6) is -0.274. The molecule has 138 valence electrons. The number of ketones is 1. The van der Waals surface area contributed by atoms with Crippen molar-refractivity contribution in [2.24, 2.45) is 5.73 Å². The van der Waals surface area contributed by atoms with Gasteiger partial charge in [0.15, 0.2) is 5.78 Å². The van der Waals surface area contributed by atoms with Crippen LogP contribution in [0.2, 0.25) is 0 Å². The smallest absolute Gasteiger partial charge is 0.340 e. The van der Waals surface area contributed by atoms with Crippen LogP contribution in [0.3, 0.4) is 0 Å². The predicted molar refractivity (Wildman–Crippen MR) is 98.3 cm³/mol. The van der Waals surface area contributed by atoms with Crippen molar-refractivity contribution in [1.29, 1.82) is 0 Å². The van der Waals surface area contributed by atoms with Crippen molar-refractivity contribution in [3.63, 3.8) is 0 Å². The number of rotatable bonds is 4. The van der Waals surface area contributed by atoms with E-state index in [2.05, 4.69) is 15.9 Å². The molecule has 0 aromatic heterocycles. The molecule has 2 aliphatic rings. The standard InChI is InChI=1S/C19H20BrNO5/c1-3-25-13-8-7-10(20)9-11(13)15-16-12(22)5-4-6-14(16)26-18(21)17(15)19(23)24-2/h7-9,15H,3-6,21H2,1-2H3/t15-/m0/s1. The van der Waals surface area contributed by atoms with E-state index in [9.17, 15) is 9.59 Å². The Bertz CT molecular complexity index is 827. The molecule has 0 amide bonds. The van der Waals surface area contributed by atoms with Gasteiger partial charge < -0.3 is 19.9 Å². The van der Waals surface area contributed by atoms with Crippen molar-refractivity contribution >= 4 is 27.7 Å². The van der Waals surface area contributed by atoms with Crippen LogP contribution in [0.5, 0.6) is 5.75 Å². The quantitative estimate of drug-likeness (QED) is 0.750. The summed E-state index contributed by atoms with van der Waals surface area (Å²) in [6, 6.07) is 5.48. The second kappa shape index (κ2) is 7.53. The number of halogens is 1. The molecule has 1 aliphatic carbocycles. The zero-order chi connectivity index (χ0) is 18.8. The number of esters is 1. The highest BCUT2D eigenvalue weighted by Crippen LogP contribution is 2.47. The summed E-state index contributed by atoms with van der Waals surface area (Å²) < 4.78 is 17.1. The number of nitrogens with two attached hydrogens (primary N) is 1. The van der Waals surface area contributed by atoms with Gasteiger partial charge in [0.25, 0.3) is 0 Å². The van der Waals surface area contributed by atoms with E-state index in [1.54, 1.807) is 6.07 Å². The first-order chi connectivity index (χ1) is 12.5. The molecule has 0 spiro atoms. The maximum Gasteiger partial charge on any atom is 0.340 e. The number of methoxy groups -OCH3 is 1. The Balaban J connectivity index is 2.26. The van der Waals surface area contributed by atoms with E-state index in [0.29, 0.717) is 48.5 Å². The van der Waals surface area contributed by atoms with Crippen molar-refractivity contribution in [2.45, 2.75) is 32.1 Å². The number of benzene rings is 1. The molecule has 1 aromatic carbocycles. The van der Waals surface area contributed by atoms with Crippen molar-refractivity contribution < 1.29 is 23.8 Å². The fourth-order valence-corrected chi connectivity index (χ4v) is 3.79. The zero-order valence-electron chi connectivity index (χ0n) is 14.6. The average molecular weight is 422 g/mol. The van der Waals surface area contributed by atoms with Crippen LogP contribution in [0.15, 0.2) is 45.5 Å². The van der Waals surface area contributed by atoms with Gasteiger partial charge >= 0.3 is 5.97 Å². The molecule has 0 saturated carbocycles. The molecule has 0 fully saturated rings. The summed E-state index contributed by atoms with van der Waals surface area (Å²) in [5, 5.41) is 0. The van der Waals surface area contributed by atoms with Gasteiger partial charge in [-0.05, 0) is 31.5 Å². The molecule has 0 unspecified atom stereocenters. The van der Waals surface area contributed by atoms with E-state index < -0.39 is 11.9 Å². The van der Waals surface area contributed by atoms with Gasteiger partial charge in [-0.3, -0.25) is 4.79 Å². The molecular weight excluding hydrogens is 402 g/mol. The van der Waals surface area contributed by atoms with E-state index in [1.165, 1.54) is 7.11 Å². The summed E-state index contributed by atoms with van der Waals surface area (Å²) >= 11 is 3.46. The van der Waals surface area contributed by atoms with E-state index in [1.807, 2.05) is 19.1 Å². The number of hydrogen-bond acceptors (Lipinski definition) is 6. The van der Waals surface area contributed by atoms with Crippen molar-refractivity contribution in [3.8, 4) is 5.75 Å². The van der Waals surface area contributed by atoms with Gasteiger partial charge in [-0.1, -0.05) is 15.9 Å². The SMILES string of the molecule is CCOc1ccc(Br)cc1[C@@H]1C(C(=O)OC)=C(N)OC2=C1C(=O)CCC2. The van der Waals surface area contributed by atoms with Crippen LogP contribution in [0, 0.1) is 0 Å². The third kappa shape index (κ3) is 3.23. The van der Waals surface area contributed by atoms with E-state index in [-0.39, 0.29) is 17.2 Å². The van der Waals surface area contributed by atoms with E-state index in [4.69, 9.17) is 19.9 Å². The Morgan fingerprint density at radius 2 is 2.15 bits per heavy atom. The first kappa shape index (κ1) is 18.5. The Kier molecular flexibility index (Phi) is 5.36. The Labute approximate surface area is 160 Å². The molecule has 0 radical (unpaired) electrons. The maximum atomic E-state index is 12.7. The van der Waals surface area contributed by atoms with Crippen LogP contribution < -0.4 is 10.5 Å². The Morgan fingerprint density at radius 3 is 2.85 bits per heavy atom. The molecule has 1 aromatic rings. The summed E-state index contributed by atoms with van der Waals surface area (Å²) in [5.41, 5.74) is 7.32.